The molecule has 108 valence electrons. The van der Waals surface area contributed by atoms with Gasteiger partial charge in [0, 0.05) is 13.1 Å². The van der Waals surface area contributed by atoms with Gasteiger partial charge in [-0.2, -0.15) is 0 Å². The summed E-state index contributed by atoms with van der Waals surface area (Å²) < 4.78 is 5.62. The summed E-state index contributed by atoms with van der Waals surface area (Å²) in [6, 6.07) is 12.8. The second-order valence-electron chi connectivity index (χ2n) is 5.28. The Labute approximate surface area is 121 Å². The summed E-state index contributed by atoms with van der Waals surface area (Å²) in [5.41, 5.74) is 2.68. The molecule has 2 rings (SSSR count). The van der Waals surface area contributed by atoms with Crippen LogP contribution in [0.2, 0.25) is 0 Å². The van der Waals surface area contributed by atoms with Gasteiger partial charge in [-0.05, 0) is 43.8 Å². The van der Waals surface area contributed by atoms with Crippen molar-refractivity contribution < 1.29 is 4.42 Å². The molecular weight excluding hydrogens is 248 g/mol. The molecule has 0 spiro atoms. The van der Waals surface area contributed by atoms with Crippen molar-refractivity contribution in [3.8, 4) is 0 Å². The van der Waals surface area contributed by atoms with Gasteiger partial charge in [0.05, 0.1) is 6.54 Å². The smallest absolute Gasteiger partial charge is 0.118 e. The highest BCUT2D eigenvalue weighted by molar-refractivity contribution is 5.23. The first-order chi connectivity index (χ1) is 9.67. The molecule has 1 aromatic heterocycles. The van der Waals surface area contributed by atoms with Gasteiger partial charge >= 0.3 is 0 Å². The number of hydrogen-bond donors (Lipinski definition) is 1. The standard InChI is InChI=1S/C17H24N2O/c1-4-18-11-15-6-5-7-16(10-15)12-19(3)13-17-9-8-14(2)20-17/h5-10,18H,4,11-13H2,1-3H3. The van der Waals surface area contributed by atoms with Crippen molar-refractivity contribution in [1.82, 2.24) is 10.2 Å². The lowest BCUT2D eigenvalue weighted by atomic mass is 10.1. The first-order valence-electron chi connectivity index (χ1n) is 7.19. The molecule has 0 atom stereocenters. The van der Waals surface area contributed by atoms with Crippen molar-refractivity contribution in [1.29, 1.82) is 0 Å². The van der Waals surface area contributed by atoms with E-state index in [0.29, 0.717) is 0 Å². The molecule has 0 aliphatic carbocycles. The van der Waals surface area contributed by atoms with Gasteiger partial charge in [-0.1, -0.05) is 31.2 Å². The number of nitrogens with zero attached hydrogens (tertiary/aromatic N) is 1. The molecular formula is C17H24N2O. The Hall–Kier alpha value is -1.58. The minimum absolute atomic E-state index is 0.839. The lowest BCUT2D eigenvalue weighted by molar-refractivity contribution is 0.285. The van der Waals surface area contributed by atoms with E-state index in [0.717, 1.165) is 37.7 Å². The van der Waals surface area contributed by atoms with E-state index in [2.05, 4.69) is 48.5 Å². The maximum Gasteiger partial charge on any atom is 0.118 e. The van der Waals surface area contributed by atoms with E-state index in [1.165, 1.54) is 11.1 Å². The molecule has 1 heterocycles. The minimum atomic E-state index is 0.839. The third kappa shape index (κ3) is 4.51. The molecule has 0 bridgehead atoms. The third-order valence-corrected chi connectivity index (χ3v) is 3.24. The van der Waals surface area contributed by atoms with Gasteiger partial charge < -0.3 is 9.73 Å². The lowest BCUT2D eigenvalue weighted by Gasteiger charge is -2.16. The largest absolute Gasteiger partial charge is 0.465 e. The van der Waals surface area contributed by atoms with Crippen molar-refractivity contribution in [2.24, 2.45) is 0 Å². The highest BCUT2D eigenvalue weighted by Crippen LogP contribution is 2.12. The quantitative estimate of drug-likeness (QED) is 0.838. The Morgan fingerprint density at radius 1 is 1.10 bits per heavy atom. The van der Waals surface area contributed by atoms with Crippen LogP contribution >= 0.6 is 0 Å². The van der Waals surface area contributed by atoms with Crippen molar-refractivity contribution in [2.45, 2.75) is 33.5 Å². The molecule has 0 amide bonds. The summed E-state index contributed by atoms with van der Waals surface area (Å²) >= 11 is 0. The van der Waals surface area contributed by atoms with Gasteiger partial charge in [-0.25, -0.2) is 0 Å². The van der Waals surface area contributed by atoms with Gasteiger partial charge in [0.2, 0.25) is 0 Å². The number of hydrogen-bond acceptors (Lipinski definition) is 3. The van der Waals surface area contributed by atoms with Crippen molar-refractivity contribution in [2.75, 3.05) is 13.6 Å². The molecule has 0 aliphatic rings. The Kier molecular flexibility index (Phi) is 5.39. The topological polar surface area (TPSA) is 28.4 Å². The maximum atomic E-state index is 5.62. The molecule has 0 saturated carbocycles. The van der Waals surface area contributed by atoms with Crippen LogP contribution < -0.4 is 5.32 Å². The van der Waals surface area contributed by atoms with Crippen LogP contribution in [0.5, 0.6) is 0 Å². The Bertz CT molecular complexity index is 533. The van der Waals surface area contributed by atoms with E-state index in [1.807, 2.05) is 19.1 Å². The van der Waals surface area contributed by atoms with Gasteiger partial charge in [0.15, 0.2) is 0 Å². The van der Waals surface area contributed by atoms with Crippen molar-refractivity contribution in [3.63, 3.8) is 0 Å². The molecule has 0 aliphatic heterocycles. The summed E-state index contributed by atoms with van der Waals surface area (Å²) in [7, 11) is 2.12. The highest BCUT2D eigenvalue weighted by Gasteiger charge is 2.05. The molecule has 3 nitrogen and oxygen atoms in total. The molecule has 3 heteroatoms. The minimum Gasteiger partial charge on any atom is -0.465 e. The zero-order chi connectivity index (χ0) is 14.4. The normalized spacial score (nSPS) is 11.2. The molecule has 0 fully saturated rings. The fraction of sp³-hybridized carbons (Fsp3) is 0.412. The number of benzene rings is 1. The summed E-state index contributed by atoms with van der Waals surface area (Å²) in [5.74, 6) is 2.00. The second kappa shape index (κ2) is 7.27. The Morgan fingerprint density at radius 2 is 1.90 bits per heavy atom. The molecule has 1 aromatic carbocycles. The highest BCUT2D eigenvalue weighted by atomic mass is 16.3. The molecule has 0 saturated heterocycles. The van der Waals surface area contributed by atoms with Crippen LogP contribution in [-0.2, 0) is 19.6 Å². The SMILES string of the molecule is CCNCc1cccc(CN(C)Cc2ccc(C)o2)c1. The Morgan fingerprint density at radius 3 is 2.60 bits per heavy atom. The van der Waals surface area contributed by atoms with Crippen LogP contribution in [0.1, 0.15) is 29.6 Å². The van der Waals surface area contributed by atoms with Crippen LogP contribution in [0.15, 0.2) is 40.8 Å². The number of rotatable bonds is 7. The predicted molar refractivity (Wildman–Crippen MR) is 82.4 cm³/mol. The monoisotopic (exact) mass is 272 g/mol. The van der Waals surface area contributed by atoms with E-state index in [4.69, 9.17) is 4.42 Å². The van der Waals surface area contributed by atoms with Crippen LogP contribution in [0.3, 0.4) is 0 Å². The first-order valence-corrected chi connectivity index (χ1v) is 7.19. The van der Waals surface area contributed by atoms with Crippen LogP contribution in [0.25, 0.3) is 0 Å². The lowest BCUT2D eigenvalue weighted by Crippen LogP contribution is -2.17. The first kappa shape index (κ1) is 14.8. The van der Waals surface area contributed by atoms with E-state index in [9.17, 15) is 0 Å². The van der Waals surface area contributed by atoms with E-state index >= 15 is 0 Å². The fourth-order valence-corrected chi connectivity index (χ4v) is 2.31. The Balaban J connectivity index is 1.91. The van der Waals surface area contributed by atoms with E-state index < -0.39 is 0 Å². The predicted octanol–water partition coefficient (Wildman–Crippen LogP) is 3.33. The third-order valence-electron chi connectivity index (χ3n) is 3.24. The summed E-state index contributed by atoms with van der Waals surface area (Å²) in [4.78, 5) is 2.27. The molecule has 1 N–H and O–H groups in total. The van der Waals surface area contributed by atoms with E-state index in [-0.39, 0.29) is 0 Å². The van der Waals surface area contributed by atoms with Gasteiger partial charge in [0.1, 0.15) is 11.5 Å². The number of nitrogens with one attached hydrogen (secondary N) is 1. The number of furan rings is 1. The van der Waals surface area contributed by atoms with Crippen molar-refractivity contribution >= 4 is 0 Å². The number of aryl methyl sites for hydroxylation is 1. The average Bonchev–Trinajstić information content (AvgIpc) is 2.82. The van der Waals surface area contributed by atoms with Crippen molar-refractivity contribution in [3.05, 3.63) is 59.0 Å². The average molecular weight is 272 g/mol. The zero-order valence-corrected chi connectivity index (χ0v) is 12.6. The van der Waals surface area contributed by atoms with Crippen LogP contribution in [0, 0.1) is 6.92 Å². The van der Waals surface area contributed by atoms with Gasteiger partial charge in [0.25, 0.3) is 0 Å². The van der Waals surface area contributed by atoms with Gasteiger partial charge in [-0.15, -0.1) is 0 Å². The summed E-state index contributed by atoms with van der Waals surface area (Å²) in [6.07, 6.45) is 0. The van der Waals surface area contributed by atoms with Crippen LogP contribution in [-0.4, -0.2) is 18.5 Å². The van der Waals surface area contributed by atoms with E-state index in [1.54, 1.807) is 0 Å². The molecule has 2 aromatic rings. The maximum absolute atomic E-state index is 5.62. The summed E-state index contributed by atoms with van der Waals surface area (Å²) in [5, 5.41) is 3.36. The van der Waals surface area contributed by atoms with Crippen LogP contribution in [0.4, 0.5) is 0 Å². The second-order valence-corrected chi connectivity index (χ2v) is 5.28. The summed E-state index contributed by atoms with van der Waals surface area (Å²) in [6.45, 7) is 7.81. The fourth-order valence-electron chi connectivity index (χ4n) is 2.31. The molecule has 20 heavy (non-hydrogen) atoms. The zero-order valence-electron chi connectivity index (χ0n) is 12.6. The molecule has 0 unspecified atom stereocenters. The van der Waals surface area contributed by atoms with Gasteiger partial charge in [-0.3, -0.25) is 4.90 Å². The molecule has 0 radical (unpaired) electrons.